The van der Waals surface area contributed by atoms with Crippen LogP contribution in [-0.2, 0) is 6.54 Å². The summed E-state index contributed by atoms with van der Waals surface area (Å²) in [5.74, 6) is 3.38. The first-order valence-corrected chi connectivity index (χ1v) is 12.9. The normalized spacial score (nSPS) is 40.1. The molecule has 7 unspecified atom stereocenters. The molecule has 0 bridgehead atoms. The van der Waals surface area contributed by atoms with Gasteiger partial charge in [0.05, 0.1) is 12.2 Å². The zero-order chi connectivity index (χ0) is 23.2. The van der Waals surface area contributed by atoms with Gasteiger partial charge in [-0.2, -0.15) is 0 Å². The molecular weight excluding hydrogens is 414 g/mol. The molecule has 3 fully saturated rings. The molecular formula is C28H41NO4. The monoisotopic (exact) mass is 455 g/mol. The van der Waals surface area contributed by atoms with Gasteiger partial charge in [0.25, 0.3) is 0 Å². The largest absolute Gasteiger partial charge is 0.454 e. The van der Waals surface area contributed by atoms with Crippen LogP contribution in [0, 0.1) is 28.6 Å². The number of aliphatic hydroxyl groups is 2. The van der Waals surface area contributed by atoms with E-state index in [0.29, 0.717) is 31.0 Å². The Labute approximate surface area is 198 Å². The van der Waals surface area contributed by atoms with Crippen LogP contribution in [0.4, 0.5) is 0 Å². The maximum absolute atomic E-state index is 11.1. The van der Waals surface area contributed by atoms with Crippen molar-refractivity contribution in [2.75, 3.05) is 13.3 Å². The molecule has 3 saturated carbocycles. The molecule has 0 saturated heterocycles. The topological polar surface area (TPSA) is 71.0 Å². The lowest BCUT2D eigenvalue weighted by atomic mass is 9.50. The first-order chi connectivity index (χ1) is 15.8. The Bertz CT molecular complexity index is 887. The number of hydrogen-bond donors (Lipinski definition) is 3. The van der Waals surface area contributed by atoms with Gasteiger partial charge in [-0.15, -0.1) is 0 Å². The number of fused-ring (bicyclic) bond motifs is 2. The highest BCUT2D eigenvalue weighted by Gasteiger charge is 2.56. The molecule has 5 heteroatoms. The lowest BCUT2D eigenvalue weighted by molar-refractivity contribution is -0.120. The second-order valence-corrected chi connectivity index (χ2v) is 11.6. The van der Waals surface area contributed by atoms with Crippen LogP contribution in [0.3, 0.4) is 0 Å². The Morgan fingerprint density at radius 3 is 2.70 bits per heavy atom. The molecule has 0 radical (unpaired) electrons. The standard InChI is InChI=1S/C28H41NO4/c1-18-4-6-22-21(10-13-29-16-19-5-7-24-25(14-19)33-17-32-24)23(9-12-27(18,22)2)28(3)11-8-20(30)15-26(28)31/h5,7,14,20-23,26,29-31H,1,4,6,8-13,15-17H2,2-3H3. The number of benzene rings is 1. The van der Waals surface area contributed by atoms with Crippen LogP contribution in [0.2, 0.25) is 0 Å². The summed E-state index contributed by atoms with van der Waals surface area (Å²) in [6, 6.07) is 6.17. The zero-order valence-electron chi connectivity index (χ0n) is 20.3. The Hall–Kier alpha value is -1.56. The highest BCUT2D eigenvalue weighted by molar-refractivity contribution is 5.44. The van der Waals surface area contributed by atoms with E-state index in [4.69, 9.17) is 9.47 Å². The third-order valence-corrected chi connectivity index (χ3v) is 9.93. The van der Waals surface area contributed by atoms with E-state index >= 15 is 0 Å². The number of aliphatic hydroxyl groups excluding tert-OH is 2. The number of ether oxygens (including phenoxy) is 2. The van der Waals surface area contributed by atoms with Crippen molar-refractivity contribution in [1.29, 1.82) is 0 Å². The Morgan fingerprint density at radius 2 is 1.88 bits per heavy atom. The van der Waals surface area contributed by atoms with Gasteiger partial charge in [0.1, 0.15) is 0 Å². The molecule has 0 aromatic heterocycles. The van der Waals surface area contributed by atoms with Crippen LogP contribution in [0.1, 0.15) is 70.8 Å². The van der Waals surface area contributed by atoms with Gasteiger partial charge in [0.2, 0.25) is 6.79 Å². The first-order valence-electron chi connectivity index (χ1n) is 12.9. The van der Waals surface area contributed by atoms with Crippen LogP contribution in [0.5, 0.6) is 11.5 Å². The van der Waals surface area contributed by atoms with Crippen molar-refractivity contribution in [3.63, 3.8) is 0 Å². The van der Waals surface area contributed by atoms with Crippen molar-refractivity contribution in [2.45, 2.75) is 84.0 Å². The second-order valence-electron chi connectivity index (χ2n) is 11.6. The predicted molar refractivity (Wildman–Crippen MR) is 129 cm³/mol. The van der Waals surface area contributed by atoms with Crippen molar-refractivity contribution in [3.8, 4) is 11.5 Å². The summed E-state index contributed by atoms with van der Waals surface area (Å²) in [5, 5.41) is 24.9. The van der Waals surface area contributed by atoms with Crippen molar-refractivity contribution < 1.29 is 19.7 Å². The molecule has 1 aromatic carbocycles. The van der Waals surface area contributed by atoms with Gasteiger partial charge in [0.15, 0.2) is 11.5 Å². The maximum atomic E-state index is 11.1. The minimum atomic E-state index is -0.413. The lowest BCUT2D eigenvalue weighted by Gasteiger charge is -2.55. The van der Waals surface area contributed by atoms with Crippen molar-refractivity contribution in [2.24, 2.45) is 28.6 Å². The van der Waals surface area contributed by atoms with Crippen LogP contribution < -0.4 is 14.8 Å². The van der Waals surface area contributed by atoms with E-state index in [1.807, 2.05) is 6.07 Å². The number of allylic oxidation sites excluding steroid dienone is 1. The van der Waals surface area contributed by atoms with E-state index in [-0.39, 0.29) is 16.9 Å². The fourth-order valence-corrected chi connectivity index (χ4v) is 7.69. The van der Waals surface area contributed by atoms with E-state index < -0.39 is 6.10 Å². The molecule has 1 aromatic rings. The highest BCUT2D eigenvalue weighted by atomic mass is 16.7. The molecule has 5 rings (SSSR count). The summed E-state index contributed by atoms with van der Waals surface area (Å²) >= 11 is 0. The van der Waals surface area contributed by atoms with Gasteiger partial charge in [0, 0.05) is 6.54 Å². The fourth-order valence-electron chi connectivity index (χ4n) is 7.69. The third kappa shape index (κ3) is 4.11. The molecule has 4 aliphatic rings. The molecule has 0 spiro atoms. The molecule has 1 aliphatic heterocycles. The van der Waals surface area contributed by atoms with Gasteiger partial charge in [-0.1, -0.05) is 32.1 Å². The minimum absolute atomic E-state index is 0.105. The fraction of sp³-hybridized carbons (Fsp3) is 0.714. The van der Waals surface area contributed by atoms with Crippen molar-refractivity contribution in [1.82, 2.24) is 5.32 Å². The predicted octanol–water partition coefficient (Wildman–Crippen LogP) is 4.81. The number of nitrogens with one attached hydrogen (secondary N) is 1. The average Bonchev–Trinajstić information content (AvgIpc) is 3.38. The maximum Gasteiger partial charge on any atom is 0.231 e. The molecule has 182 valence electrons. The van der Waals surface area contributed by atoms with Gasteiger partial charge in [-0.3, -0.25) is 0 Å². The molecule has 1 heterocycles. The molecule has 3 N–H and O–H groups in total. The smallest absolute Gasteiger partial charge is 0.231 e. The minimum Gasteiger partial charge on any atom is -0.454 e. The highest BCUT2D eigenvalue weighted by Crippen LogP contribution is 2.63. The quantitative estimate of drug-likeness (QED) is 0.424. The van der Waals surface area contributed by atoms with Crippen LogP contribution in [0.15, 0.2) is 30.4 Å². The van der Waals surface area contributed by atoms with E-state index in [1.165, 1.54) is 24.0 Å². The van der Waals surface area contributed by atoms with Crippen LogP contribution >= 0.6 is 0 Å². The van der Waals surface area contributed by atoms with Crippen molar-refractivity contribution >= 4 is 0 Å². The summed E-state index contributed by atoms with van der Waals surface area (Å²) < 4.78 is 10.9. The third-order valence-electron chi connectivity index (χ3n) is 9.93. The second kappa shape index (κ2) is 8.90. The molecule has 0 amide bonds. The van der Waals surface area contributed by atoms with E-state index in [0.717, 1.165) is 56.7 Å². The summed E-state index contributed by atoms with van der Waals surface area (Å²) in [5.41, 5.74) is 2.79. The molecule has 33 heavy (non-hydrogen) atoms. The van der Waals surface area contributed by atoms with Gasteiger partial charge in [-0.25, -0.2) is 0 Å². The van der Waals surface area contributed by atoms with Gasteiger partial charge >= 0.3 is 0 Å². The zero-order valence-corrected chi connectivity index (χ0v) is 20.3. The SMILES string of the molecule is C=C1CCC2C(CCNCc3ccc4c(c3)OCO4)C(C3(C)CCC(O)CC3O)CCC12C. The summed E-state index contributed by atoms with van der Waals surface area (Å²) in [6.07, 6.45) is 7.33. The summed E-state index contributed by atoms with van der Waals surface area (Å²) in [7, 11) is 0. The van der Waals surface area contributed by atoms with E-state index in [1.54, 1.807) is 0 Å². The molecule has 7 atom stereocenters. The average molecular weight is 456 g/mol. The number of rotatable bonds is 6. The van der Waals surface area contributed by atoms with Gasteiger partial charge < -0.3 is 25.0 Å². The van der Waals surface area contributed by atoms with E-state index in [9.17, 15) is 10.2 Å². The molecule has 3 aliphatic carbocycles. The Morgan fingerprint density at radius 1 is 1.06 bits per heavy atom. The lowest BCUT2D eigenvalue weighted by Crippen LogP contribution is -2.52. The summed E-state index contributed by atoms with van der Waals surface area (Å²) in [6.45, 7) is 11.3. The number of hydrogen-bond acceptors (Lipinski definition) is 5. The van der Waals surface area contributed by atoms with Crippen LogP contribution in [-0.4, -0.2) is 35.8 Å². The van der Waals surface area contributed by atoms with Crippen LogP contribution in [0.25, 0.3) is 0 Å². The van der Waals surface area contributed by atoms with Crippen molar-refractivity contribution in [3.05, 3.63) is 35.9 Å². The van der Waals surface area contributed by atoms with E-state index in [2.05, 4.69) is 37.9 Å². The summed E-state index contributed by atoms with van der Waals surface area (Å²) in [4.78, 5) is 0. The first kappa shape index (κ1) is 23.2. The Kier molecular flexibility index (Phi) is 6.26. The Balaban J connectivity index is 1.28. The van der Waals surface area contributed by atoms with Gasteiger partial charge in [-0.05, 0) is 104 Å². The molecule has 5 nitrogen and oxygen atoms in total.